The van der Waals surface area contributed by atoms with Crippen molar-refractivity contribution in [1.29, 1.82) is 0 Å². The van der Waals surface area contributed by atoms with Gasteiger partial charge in [0.1, 0.15) is 0 Å². The van der Waals surface area contributed by atoms with Crippen LogP contribution in [0.3, 0.4) is 0 Å². The molecule has 0 aliphatic carbocycles. The highest BCUT2D eigenvalue weighted by molar-refractivity contribution is 9.10. The molecule has 1 atom stereocenters. The van der Waals surface area contributed by atoms with Crippen LogP contribution in [0.4, 0.5) is 0 Å². The van der Waals surface area contributed by atoms with Crippen LogP contribution in [0.2, 0.25) is 0 Å². The van der Waals surface area contributed by atoms with Crippen molar-refractivity contribution in [3.05, 3.63) is 58.3 Å². The molecule has 2 N–H and O–H groups in total. The van der Waals surface area contributed by atoms with E-state index in [0.29, 0.717) is 6.54 Å². The predicted octanol–water partition coefficient (Wildman–Crippen LogP) is 2.33. The zero-order chi connectivity index (χ0) is 11.4. The maximum atomic E-state index is 5.80. The molecule has 1 aromatic heterocycles. The van der Waals surface area contributed by atoms with Gasteiger partial charge in [-0.15, -0.1) is 0 Å². The lowest BCUT2D eigenvalue weighted by Crippen LogP contribution is -2.15. The minimum atomic E-state index is 0.103. The first-order valence-corrected chi connectivity index (χ1v) is 5.83. The number of hydrogen-bond acceptors (Lipinski definition) is 3. The maximum absolute atomic E-state index is 5.80. The van der Waals surface area contributed by atoms with Gasteiger partial charge in [-0.25, -0.2) is 0 Å². The summed E-state index contributed by atoms with van der Waals surface area (Å²) in [5, 5.41) is 7.99. The molecule has 0 radical (unpaired) electrons. The third-order valence-electron chi connectivity index (χ3n) is 2.44. The second kappa shape index (κ2) is 5.18. The average Bonchev–Trinajstić information content (AvgIpc) is 2.31. The Balaban J connectivity index is 2.37. The maximum Gasteiger partial charge on any atom is 0.0718 e. The van der Waals surface area contributed by atoms with Gasteiger partial charge in [0.05, 0.1) is 5.69 Å². The second-order valence-corrected chi connectivity index (χ2v) is 4.41. The predicted molar refractivity (Wildman–Crippen MR) is 67.1 cm³/mol. The fraction of sp³-hybridized carbons (Fsp3) is 0.167. The van der Waals surface area contributed by atoms with Crippen LogP contribution >= 0.6 is 15.9 Å². The molecular weight excluding hydrogens is 266 g/mol. The van der Waals surface area contributed by atoms with Gasteiger partial charge in [0.25, 0.3) is 0 Å². The van der Waals surface area contributed by atoms with Crippen molar-refractivity contribution < 1.29 is 0 Å². The Bertz CT molecular complexity index is 459. The van der Waals surface area contributed by atoms with Crippen LogP contribution in [0.1, 0.15) is 17.2 Å². The van der Waals surface area contributed by atoms with Gasteiger partial charge in [-0.05, 0) is 29.8 Å². The van der Waals surface area contributed by atoms with E-state index in [2.05, 4.69) is 38.3 Å². The normalized spacial score (nSPS) is 12.4. The summed E-state index contributed by atoms with van der Waals surface area (Å²) in [5.41, 5.74) is 7.86. The van der Waals surface area contributed by atoms with E-state index >= 15 is 0 Å². The number of aromatic nitrogens is 2. The molecule has 0 bridgehead atoms. The lowest BCUT2D eigenvalue weighted by Gasteiger charge is -2.14. The summed E-state index contributed by atoms with van der Waals surface area (Å²) in [6.07, 6.45) is 1.66. The van der Waals surface area contributed by atoms with E-state index in [1.54, 1.807) is 6.20 Å². The first kappa shape index (κ1) is 11.2. The van der Waals surface area contributed by atoms with Crippen molar-refractivity contribution in [3.8, 4) is 0 Å². The highest BCUT2D eigenvalue weighted by Crippen LogP contribution is 2.23. The molecule has 3 nitrogen and oxygen atoms in total. The first-order chi connectivity index (χ1) is 7.81. The molecule has 4 heteroatoms. The number of nitrogens with zero attached hydrogens (tertiary/aromatic N) is 2. The molecule has 0 fully saturated rings. The zero-order valence-corrected chi connectivity index (χ0v) is 10.3. The van der Waals surface area contributed by atoms with Gasteiger partial charge in [-0.3, -0.25) is 0 Å². The number of nitrogens with two attached hydrogens (primary N) is 1. The molecule has 0 amide bonds. The van der Waals surface area contributed by atoms with Crippen molar-refractivity contribution in [2.24, 2.45) is 5.73 Å². The third-order valence-corrected chi connectivity index (χ3v) is 2.93. The number of benzene rings is 1. The fourth-order valence-corrected chi connectivity index (χ4v) is 2.07. The number of rotatable bonds is 3. The summed E-state index contributed by atoms with van der Waals surface area (Å²) < 4.78 is 1.05. The van der Waals surface area contributed by atoms with Crippen LogP contribution in [-0.2, 0) is 0 Å². The van der Waals surface area contributed by atoms with Gasteiger partial charge < -0.3 is 5.73 Å². The minimum Gasteiger partial charge on any atom is -0.329 e. The Morgan fingerprint density at radius 3 is 2.75 bits per heavy atom. The van der Waals surface area contributed by atoms with Gasteiger partial charge in [0.15, 0.2) is 0 Å². The standard InChI is InChI=1S/C12H12BrN3/c13-10-4-1-3-9(7-10)11(8-14)12-5-2-6-15-16-12/h1-7,11H,8,14H2. The summed E-state index contributed by atoms with van der Waals surface area (Å²) in [4.78, 5) is 0. The van der Waals surface area contributed by atoms with E-state index in [9.17, 15) is 0 Å². The fourth-order valence-electron chi connectivity index (χ4n) is 1.65. The third kappa shape index (κ3) is 2.46. The van der Waals surface area contributed by atoms with Crippen LogP contribution in [0.25, 0.3) is 0 Å². The highest BCUT2D eigenvalue weighted by Gasteiger charge is 2.13. The largest absolute Gasteiger partial charge is 0.329 e. The lowest BCUT2D eigenvalue weighted by molar-refractivity contribution is 0.760. The molecule has 2 rings (SSSR count). The minimum absolute atomic E-state index is 0.103. The molecule has 1 heterocycles. The Hall–Kier alpha value is -1.26. The zero-order valence-electron chi connectivity index (χ0n) is 8.68. The van der Waals surface area contributed by atoms with Crippen LogP contribution in [0.15, 0.2) is 47.1 Å². The van der Waals surface area contributed by atoms with E-state index in [0.717, 1.165) is 15.7 Å². The van der Waals surface area contributed by atoms with Crippen molar-refractivity contribution in [2.75, 3.05) is 6.54 Å². The van der Waals surface area contributed by atoms with Gasteiger partial charge in [0.2, 0.25) is 0 Å². The average molecular weight is 278 g/mol. The molecule has 0 aliphatic heterocycles. The van der Waals surface area contributed by atoms with Gasteiger partial charge in [0, 0.05) is 23.1 Å². The molecular formula is C12H12BrN3. The van der Waals surface area contributed by atoms with Crippen LogP contribution in [0, 0.1) is 0 Å². The molecule has 1 unspecified atom stereocenters. The van der Waals surface area contributed by atoms with E-state index in [4.69, 9.17) is 5.73 Å². The van der Waals surface area contributed by atoms with Crippen LogP contribution in [-0.4, -0.2) is 16.7 Å². The summed E-state index contributed by atoms with van der Waals surface area (Å²) in [6.45, 7) is 0.523. The highest BCUT2D eigenvalue weighted by atomic mass is 79.9. The summed E-state index contributed by atoms with van der Waals surface area (Å²) in [6, 6.07) is 11.9. The molecule has 0 saturated heterocycles. The SMILES string of the molecule is NCC(c1cccc(Br)c1)c1cccnn1. The van der Waals surface area contributed by atoms with E-state index < -0.39 is 0 Å². The molecule has 82 valence electrons. The molecule has 16 heavy (non-hydrogen) atoms. The van der Waals surface area contributed by atoms with Gasteiger partial charge in [-0.1, -0.05) is 28.1 Å². The molecule has 2 aromatic rings. The first-order valence-electron chi connectivity index (χ1n) is 5.04. The van der Waals surface area contributed by atoms with Crippen molar-refractivity contribution in [2.45, 2.75) is 5.92 Å². The molecule has 0 spiro atoms. The Morgan fingerprint density at radius 2 is 2.12 bits per heavy atom. The van der Waals surface area contributed by atoms with E-state index in [1.165, 1.54) is 0 Å². The summed E-state index contributed by atoms with van der Waals surface area (Å²) in [7, 11) is 0. The lowest BCUT2D eigenvalue weighted by atomic mass is 9.96. The molecule has 0 saturated carbocycles. The smallest absolute Gasteiger partial charge is 0.0718 e. The monoisotopic (exact) mass is 277 g/mol. The van der Waals surface area contributed by atoms with Crippen molar-refractivity contribution in [3.63, 3.8) is 0 Å². The molecule has 0 aliphatic rings. The summed E-state index contributed by atoms with van der Waals surface area (Å²) >= 11 is 3.46. The van der Waals surface area contributed by atoms with Gasteiger partial charge >= 0.3 is 0 Å². The quantitative estimate of drug-likeness (QED) is 0.937. The second-order valence-electron chi connectivity index (χ2n) is 3.49. The Labute approximate surface area is 103 Å². The molecule has 1 aromatic carbocycles. The number of hydrogen-bond donors (Lipinski definition) is 1. The van der Waals surface area contributed by atoms with Crippen LogP contribution in [0.5, 0.6) is 0 Å². The summed E-state index contributed by atoms with van der Waals surface area (Å²) in [5.74, 6) is 0.103. The Kier molecular flexibility index (Phi) is 3.64. The topological polar surface area (TPSA) is 51.8 Å². The van der Waals surface area contributed by atoms with E-state index in [-0.39, 0.29) is 5.92 Å². The van der Waals surface area contributed by atoms with Gasteiger partial charge in [-0.2, -0.15) is 10.2 Å². The van der Waals surface area contributed by atoms with E-state index in [1.807, 2.05) is 24.3 Å². The van der Waals surface area contributed by atoms with Crippen molar-refractivity contribution >= 4 is 15.9 Å². The van der Waals surface area contributed by atoms with Crippen molar-refractivity contribution in [1.82, 2.24) is 10.2 Å². The number of halogens is 1. The Morgan fingerprint density at radius 1 is 1.25 bits per heavy atom. The van der Waals surface area contributed by atoms with Crippen LogP contribution < -0.4 is 5.73 Å².